The van der Waals surface area contributed by atoms with E-state index in [-0.39, 0.29) is 17.8 Å². The van der Waals surface area contributed by atoms with Crippen molar-refractivity contribution in [2.24, 2.45) is 0 Å². The second kappa shape index (κ2) is 8.93. The van der Waals surface area contributed by atoms with E-state index in [1.165, 1.54) is 17.8 Å². The minimum atomic E-state index is -0.354. The van der Waals surface area contributed by atoms with E-state index in [1.807, 2.05) is 6.92 Å². The van der Waals surface area contributed by atoms with Crippen molar-refractivity contribution in [2.45, 2.75) is 37.2 Å². The molecule has 1 aromatic carbocycles. The first-order valence-electron chi connectivity index (χ1n) is 6.45. The monoisotopic (exact) mass is 285 g/mol. The lowest BCUT2D eigenvalue weighted by molar-refractivity contribution is -0.120. The van der Waals surface area contributed by atoms with E-state index in [9.17, 15) is 14.3 Å². The summed E-state index contributed by atoms with van der Waals surface area (Å²) in [5.74, 6) is 0.231. The molecule has 0 aromatic heterocycles. The summed E-state index contributed by atoms with van der Waals surface area (Å²) in [6.07, 6.45) is 1.26. The number of rotatable bonds is 8. The lowest BCUT2D eigenvalue weighted by Crippen LogP contribution is -2.27. The number of amides is 1. The van der Waals surface area contributed by atoms with E-state index in [1.54, 1.807) is 18.2 Å². The van der Waals surface area contributed by atoms with Crippen LogP contribution in [0.1, 0.15) is 26.2 Å². The van der Waals surface area contributed by atoms with Crippen LogP contribution in [0.4, 0.5) is 4.39 Å². The number of halogens is 1. The fraction of sp³-hybridized carbons (Fsp3) is 0.500. The maximum absolute atomic E-state index is 13.3. The summed E-state index contributed by atoms with van der Waals surface area (Å²) < 4.78 is 13.3. The minimum Gasteiger partial charge on any atom is -0.393 e. The molecule has 0 spiro atoms. The van der Waals surface area contributed by atoms with E-state index in [0.29, 0.717) is 36.5 Å². The molecule has 1 atom stereocenters. The Labute approximate surface area is 117 Å². The van der Waals surface area contributed by atoms with Gasteiger partial charge in [0.25, 0.3) is 0 Å². The highest BCUT2D eigenvalue weighted by molar-refractivity contribution is 7.99. The van der Waals surface area contributed by atoms with Crippen molar-refractivity contribution in [2.75, 3.05) is 12.3 Å². The third-order valence-electron chi connectivity index (χ3n) is 2.69. The van der Waals surface area contributed by atoms with Crippen LogP contribution in [0.2, 0.25) is 0 Å². The summed E-state index contributed by atoms with van der Waals surface area (Å²) in [5, 5.41) is 12.1. The Kier molecular flexibility index (Phi) is 7.52. The van der Waals surface area contributed by atoms with Gasteiger partial charge in [0, 0.05) is 23.6 Å². The number of thioether (sulfide) groups is 1. The molecular formula is C14H20FNO2S. The molecule has 2 N–H and O–H groups in total. The molecule has 1 amide bonds. The van der Waals surface area contributed by atoms with E-state index < -0.39 is 0 Å². The largest absolute Gasteiger partial charge is 0.393 e. The van der Waals surface area contributed by atoms with Gasteiger partial charge >= 0.3 is 0 Å². The molecule has 3 nitrogen and oxygen atoms in total. The Morgan fingerprint density at radius 2 is 2.21 bits per heavy atom. The zero-order chi connectivity index (χ0) is 14.1. The summed E-state index contributed by atoms with van der Waals surface area (Å²) in [6, 6.07) is 6.53. The van der Waals surface area contributed by atoms with E-state index in [2.05, 4.69) is 5.32 Å². The maximum Gasteiger partial charge on any atom is 0.220 e. The summed E-state index contributed by atoms with van der Waals surface area (Å²) in [7, 11) is 0. The third-order valence-corrected chi connectivity index (χ3v) is 3.74. The van der Waals surface area contributed by atoms with Gasteiger partial charge in [0.2, 0.25) is 5.91 Å². The van der Waals surface area contributed by atoms with Crippen LogP contribution >= 0.6 is 11.8 Å². The molecule has 106 valence electrons. The molecule has 0 aliphatic rings. The number of carbonyl (C=O) groups is 1. The van der Waals surface area contributed by atoms with Crippen LogP contribution in [-0.4, -0.2) is 29.4 Å². The van der Waals surface area contributed by atoms with Gasteiger partial charge in [0.15, 0.2) is 0 Å². The van der Waals surface area contributed by atoms with Crippen molar-refractivity contribution in [3.63, 3.8) is 0 Å². The highest BCUT2D eigenvalue weighted by atomic mass is 32.2. The highest BCUT2D eigenvalue weighted by Crippen LogP contribution is 2.21. The Balaban J connectivity index is 2.15. The number of aliphatic hydroxyl groups excluding tert-OH is 1. The van der Waals surface area contributed by atoms with Crippen molar-refractivity contribution in [3.05, 3.63) is 30.1 Å². The van der Waals surface area contributed by atoms with Crippen molar-refractivity contribution in [1.29, 1.82) is 0 Å². The Morgan fingerprint density at radius 1 is 1.47 bits per heavy atom. The van der Waals surface area contributed by atoms with Gasteiger partial charge in [-0.15, -0.1) is 11.8 Å². The molecule has 0 radical (unpaired) electrons. The van der Waals surface area contributed by atoms with Gasteiger partial charge in [0.1, 0.15) is 5.82 Å². The van der Waals surface area contributed by atoms with Gasteiger partial charge in [-0.25, -0.2) is 4.39 Å². The van der Waals surface area contributed by atoms with Crippen molar-refractivity contribution >= 4 is 17.7 Å². The van der Waals surface area contributed by atoms with Crippen LogP contribution in [0.3, 0.4) is 0 Å². The van der Waals surface area contributed by atoms with E-state index in [0.717, 1.165) is 0 Å². The summed E-state index contributed by atoms with van der Waals surface area (Å²) in [4.78, 5) is 12.1. The van der Waals surface area contributed by atoms with Crippen molar-refractivity contribution in [3.8, 4) is 0 Å². The van der Waals surface area contributed by atoms with E-state index >= 15 is 0 Å². The average Bonchev–Trinajstić information content (AvgIpc) is 2.40. The molecule has 1 rings (SSSR count). The van der Waals surface area contributed by atoms with Crippen LogP contribution in [0.15, 0.2) is 29.2 Å². The Morgan fingerprint density at radius 3 is 2.89 bits per heavy atom. The molecular weight excluding hydrogens is 265 g/mol. The Bertz CT molecular complexity index is 401. The van der Waals surface area contributed by atoms with E-state index in [4.69, 9.17) is 0 Å². The lowest BCUT2D eigenvalue weighted by atomic mass is 10.2. The smallest absolute Gasteiger partial charge is 0.220 e. The van der Waals surface area contributed by atoms with Crippen molar-refractivity contribution in [1.82, 2.24) is 5.32 Å². The minimum absolute atomic E-state index is 0.0628. The topological polar surface area (TPSA) is 49.3 Å². The second-order valence-electron chi connectivity index (χ2n) is 4.23. The first-order valence-corrected chi connectivity index (χ1v) is 7.44. The molecule has 0 heterocycles. The van der Waals surface area contributed by atoms with Gasteiger partial charge < -0.3 is 10.4 Å². The zero-order valence-corrected chi connectivity index (χ0v) is 11.9. The molecule has 19 heavy (non-hydrogen) atoms. The predicted molar refractivity (Wildman–Crippen MR) is 75.7 cm³/mol. The molecule has 0 aliphatic carbocycles. The fourth-order valence-corrected chi connectivity index (χ4v) is 2.37. The second-order valence-corrected chi connectivity index (χ2v) is 5.37. The fourth-order valence-electron chi connectivity index (χ4n) is 1.49. The number of aliphatic hydroxyl groups is 1. The molecule has 0 saturated heterocycles. The average molecular weight is 285 g/mol. The molecule has 0 aliphatic heterocycles. The SMILES string of the molecule is CCC(O)CCNC(=O)CCSc1ccccc1F. The van der Waals surface area contributed by atoms with Gasteiger partial charge in [-0.1, -0.05) is 19.1 Å². The van der Waals surface area contributed by atoms with Gasteiger partial charge in [-0.3, -0.25) is 4.79 Å². The molecule has 0 saturated carbocycles. The maximum atomic E-state index is 13.3. The standard InChI is InChI=1S/C14H20FNO2S/c1-2-11(17)7-9-16-14(18)8-10-19-13-6-4-3-5-12(13)15/h3-6,11,17H,2,7-10H2,1H3,(H,16,18). The van der Waals surface area contributed by atoms with Gasteiger partial charge in [-0.05, 0) is 25.0 Å². The zero-order valence-electron chi connectivity index (χ0n) is 11.1. The third kappa shape index (κ3) is 6.59. The number of nitrogens with one attached hydrogen (secondary N) is 1. The first-order chi connectivity index (χ1) is 9.13. The molecule has 0 bridgehead atoms. The summed E-state index contributed by atoms with van der Waals surface area (Å²) in [6.45, 7) is 2.38. The normalized spacial score (nSPS) is 12.2. The van der Waals surface area contributed by atoms with Crippen LogP contribution < -0.4 is 5.32 Å². The number of benzene rings is 1. The van der Waals surface area contributed by atoms with Crippen LogP contribution in [-0.2, 0) is 4.79 Å². The van der Waals surface area contributed by atoms with Crippen LogP contribution in [0.5, 0.6) is 0 Å². The number of hydrogen-bond acceptors (Lipinski definition) is 3. The molecule has 0 fully saturated rings. The molecule has 1 unspecified atom stereocenters. The van der Waals surface area contributed by atoms with Crippen LogP contribution in [0.25, 0.3) is 0 Å². The van der Waals surface area contributed by atoms with Crippen molar-refractivity contribution < 1.29 is 14.3 Å². The molecule has 5 heteroatoms. The number of hydrogen-bond donors (Lipinski definition) is 2. The highest BCUT2D eigenvalue weighted by Gasteiger charge is 2.05. The Hall–Kier alpha value is -1.07. The summed E-state index contributed by atoms with van der Waals surface area (Å²) in [5.41, 5.74) is 0. The van der Waals surface area contributed by atoms with Gasteiger partial charge in [0.05, 0.1) is 6.10 Å². The number of carbonyl (C=O) groups excluding carboxylic acids is 1. The first kappa shape index (κ1) is 16.0. The predicted octanol–water partition coefficient (Wildman–Crippen LogP) is 2.59. The summed E-state index contributed by atoms with van der Waals surface area (Å²) >= 11 is 1.33. The van der Waals surface area contributed by atoms with Gasteiger partial charge in [-0.2, -0.15) is 0 Å². The van der Waals surface area contributed by atoms with Crippen LogP contribution in [0, 0.1) is 5.82 Å². The quantitative estimate of drug-likeness (QED) is 0.722. The molecule has 1 aromatic rings. The lowest BCUT2D eigenvalue weighted by Gasteiger charge is -2.08.